The molecule has 0 saturated carbocycles. The zero-order chi connectivity index (χ0) is 15.4. The predicted molar refractivity (Wildman–Crippen MR) is 78.1 cm³/mol. The van der Waals surface area contributed by atoms with Gasteiger partial charge in [-0.3, -0.25) is 14.4 Å². The first-order valence-electron chi connectivity index (χ1n) is 6.20. The fourth-order valence-electron chi connectivity index (χ4n) is 1.35. The van der Waals surface area contributed by atoms with Crippen molar-refractivity contribution < 1.29 is 14.4 Å². The van der Waals surface area contributed by atoms with Crippen LogP contribution in [0.2, 0.25) is 0 Å². The highest BCUT2D eigenvalue weighted by Crippen LogP contribution is 1.90. The number of aldehydes is 1. The monoisotopic (exact) mass is 279 g/mol. The maximum Gasteiger partial charge on any atom is 0.246 e. The molecule has 0 heterocycles. The van der Waals surface area contributed by atoms with E-state index in [2.05, 4.69) is 30.4 Å². The number of nitrogens with zero attached hydrogens (tertiary/aromatic N) is 1. The van der Waals surface area contributed by atoms with Gasteiger partial charge in [0.15, 0.2) is 0 Å². The number of rotatable bonds is 11. The van der Waals surface area contributed by atoms with E-state index in [9.17, 15) is 14.4 Å². The van der Waals surface area contributed by atoms with Gasteiger partial charge in [-0.15, -0.1) is 0 Å². The summed E-state index contributed by atoms with van der Waals surface area (Å²) in [5.74, 6) is -0.495. The summed E-state index contributed by atoms with van der Waals surface area (Å²) in [6, 6.07) is 0. The van der Waals surface area contributed by atoms with Gasteiger partial charge >= 0.3 is 0 Å². The van der Waals surface area contributed by atoms with E-state index in [4.69, 9.17) is 0 Å². The van der Waals surface area contributed by atoms with E-state index in [0.29, 0.717) is 44.6 Å². The molecule has 0 aliphatic heterocycles. The summed E-state index contributed by atoms with van der Waals surface area (Å²) in [6.07, 6.45) is 3.08. The van der Waals surface area contributed by atoms with Gasteiger partial charge in [0.25, 0.3) is 0 Å². The molecule has 0 aliphatic carbocycles. The van der Waals surface area contributed by atoms with Crippen LogP contribution in [0.25, 0.3) is 0 Å². The molecule has 2 N–H and O–H groups in total. The second-order valence-corrected chi connectivity index (χ2v) is 3.98. The highest BCUT2D eigenvalue weighted by atomic mass is 16.2. The number of hydrogen-bond donors (Lipinski definition) is 2. The smallest absolute Gasteiger partial charge is 0.246 e. The first kappa shape index (κ1) is 17.8. The van der Waals surface area contributed by atoms with Gasteiger partial charge in [0.2, 0.25) is 11.8 Å². The summed E-state index contributed by atoms with van der Waals surface area (Å²) in [5, 5.41) is 5.59. The third kappa shape index (κ3) is 7.99. The lowest BCUT2D eigenvalue weighted by molar-refractivity contribution is -0.126. The average Bonchev–Trinajstić information content (AvgIpc) is 2.47. The molecule has 0 aromatic carbocycles. The molecule has 6 nitrogen and oxygen atoms in total. The second kappa shape index (κ2) is 10.7. The molecule has 0 aliphatic rings. The van der Waals surface area contributed by atoms with E-state index in [1.54, 1.807) is 4.90 Å². The third-order valence-corrected chi connectivity index (χ3v) is 2.43. The predicted octanol–water partition coefficient (Wildman–Crippen LogP) is -0.352. The topological polar surface area (TPSA) is 78.5 Å². The van der Waals surface area contributed by atoms with Gasteiger partial charge in [-0.25, -0.2) is 0 Å². The Morgan fingerprint density at radius 1 is 1.10 bits per heavy atom. The molecular weight excluding hydrogens is 258 g/mol. The van der Waals surface area contributed by atoms with Crippen molar-refractivity contribution in [2.75, 3.05) is 32.7 Å². The quantitative estimate of drug-likeness (QED) is 0.308. The highest BCUT2D eigenvalue weighted by molar-refractivity contribution is 5.88. The van der Waals surface area contributed by atoms with Gasteiger partial charge in [-0.2, -0.15) is 0 Å². The Morgan fingerprint density at radius 3 is 2.30 bits per heavy atom. The highest BCUT2D eigenvalue weighted by Gasteiger charge is 2.09. The average molecular weight is 279 g/mol. The number of nitrogens with one attached hydrogen (secondary N) is 2. The van der Waals surface area contributed by atoms with Crippen molar-refractivity contribution in [1.29, 1.82) is 0 Å². The first-order valence-corrected chi connectivity index (χ1v) is 6.20. The molecule has 6 heteroatoms. The molecule has 0 spiro atoms. The van der Waals surface area contributed by atoms with Crippen LogP contribution in [-0.4, -0.2) is 55.7 Å². The van der Waals surface area contributed by atoms with E-state index < -0.39 is 0 Å². The zero-order valence-electron chi connectivity index (χ0n) is 11.6. The van der Waals surface area contributed by atoms with Gasteiger partial charge in [0.1, 0.15) is 6.29 Å². The number of hydrogen-bond acceptors (Lipinski definition) is 4. The van der Waals surface area contributed by atoms with Crippen molar-refractivity contribution >= 4 is 18.1 Å². The number of amides is 2. The van der Waals surface area contributed by atoms with Crippen molar-refractivity contribution in [2.24, 2.45) is 0 Å². The van der Waals surface area contributed by atoms with Gasteiger partial charge in [-0.05, 0) is 17.7 Å². The standard InChI is InChI=1S/C14H21N3O3/c1-4-13(19)16-7-9-17(14(20)5-2)8-6-15-10-12(3)11-18/h4-5,11,15H,1-3,6-10H2,(H,16,19). The lowest BCUT2D eigenvalue weighted by Crippen LogP contribution is -2.41. The molecule has 0 unspecified atom stereocenters. The molecule has 20 heavy (non-hydrogen) atoms. The van der Waals surface area contributed by atoms with Crippen LogP contribution in [0.3, 0.4) is 0 Å². The Balaban J connectivity index is 4.08. The summed E-state index contributed by atoms with van der Waals surface area (Å²) in [6.45, 7) is 12.4. The van der Waals surface area contributed by atoms with Crippen LogP contribution in [0.5, 0.6) is 0 Å². The van der Waals surface area contributed by atoms with Crippen LogP contribution in [0.4, 0.5) is 0 Å². The Bertz CT molecular complexity index is 391. The second-order valence-electron chi connectivity index (χ2n) is 3.98. The molecule has 0 rings (SSSR count). The van der Waals surface area contributed by atoms with Crippen LogP contribution >= 0.6 is 0 Å². The van der Waals surface area contributed by atoms with Gasteiger partial charge in [0.05, 0.1) is 0 Å². The zero-order valence-corrected chi connectivity index (χ0v) is 11.6. The van der Waals surface area contributed by atoms with E-state index in [1.807, 2.05) is 0 Å². The lowest BCUT2D eigenvalue weighted by atomic mass is 10.3. The molecule has 0 aromatic heterocycles. The van der Waals surface area contributed by atoms with Crippen LogP contribution < -0.4 is 10.6 Å². The van der Waals surface area contributed by atoms with Crippen molar-refractivity contribution in [3.05, 3.63) is 37.5 Å². The van der Waals surface area contributed by atoms with Crippen LogP contribution in [0.15, 0.2) is 37.5 Å². The molecule has 110 valence electrons. The Labute approximate surface area is 119 Å². The van der Waals surface area contributed by atoms with E-state index >= 15 is 0 Å². The summed E-state index contributed by atoms with van der Waals surface area (Å²) in [7, 11) is 0. The minimum Gasteiger partial charge on any atom is -0.351 e. The molecule has 0 saturated heterocycles. The minimum absolute atomic E-state index is 0.214. The molecule has 0 aromatic rings. The van der Waals surface area contributed by atoms with Crippen LogP contribution in [0.1, 0.15) is 0 Å². The van der Waals surface area contributed by atoms with Crippen molar-refractivity contribution in [1.82, 2.24) is 15.5 Å². The van der Waals surface area contributed by atoms with Gasteiger partial charge in [0, 0.05) is 32.7 Å². The minimum atomic E-state index is -0.281. The normalized spacial score (nSPS) is 9.40. The fraction of sp³-hybridized carbons (Fsp3) is 0.357. The largest absolute Gasteiger partial charge is 0.351 e. The Hall–Kier alpha value is -2.21. The summed E-state index contributed by atoms with van der Waals surface area (Å²) >= 11 is 0. The molecule has 0 radical (unpaired) electrons. The SMILES string of the molecule is C=CC(=O)NCCN(CCNCC(=C)C=O)C(=O)C=C. The summed E-state index contributed by atoms with van der Waals surface area (Å²) in [5.41, 5.74) is 0.449. The van der Waals surface area contributed by atoms with E-state index in [1.165, 1.54) is 12.2 Å². The van der Waals surface area contributed by atoms with Crippen molar-refractivity contribution in [3.63, 3.8) is 0 Å². The third-order valence-electron chi connectivity index (χ3n) is 2.43. The first-order chi connectivity index (χ1) is 9.54. The molecule has 0 atom stereocenters. The molecular formula is C14H21N3O3. The van der Waals surface area contributed by atoms with Crippen molar-refractivity contribution in [3.8, 4) is 0 Å². The number of carbonyl (C=O) groups excluding carboxylic acids is 3. The van der Waals surface area contributed by atoms with E-state index in [0.717, 1.165) is 0 Å². The molecule has 0 bridgehead atoms. The molecule has 2 amide bonds. The maximum absolute atomic E-state index is 11.6. The maximum atomic E-state index is 11.6. The van der Waals surface area contributed by atoms with Crippen LogP contribution in [-0.2, 0) is 14.4 Å². The summed E-state index contributed by atoms with van der Waals surface area (Å²) in [4.78, 5) is 34.5. The number of carbonyl (C=O) groups is 3. The lowest BCUT2D eigenvalue weighted by Gasteiger charge is -2.21. The van der Waals surface area contributed by atoms with Gasteiger partial charge in [-0.1, -0.05) is 19.7 Å². The Kier molecular flexibility index (Phi) is 9.51. The summed E-state index contributed by atoms with van der Waals surface area (Å²) < 4.78 is 0. The van der Waals surface area contributed by atoms with E-state index in [-0.39, 0.29) is 11.8 Å². The van der Waals surface area contributed by atoms with Gasteiger partial charge < -0.3 is 15.5 Å². The fourth-order valence-corrected chi connectivity index (χ4v) is 1.35. The molecule has 0 fully saturated rings. The van der Waals surface area contributed by atoms with Crippen molar-refractivity contribution in [2.45, 2.75) is 0 Å². The van der Waals surface area contributed by atoms with Crippen LogP contribution in [0, 0.1) is 0 Å². The Morgan fingerprint density at radius 2 is 1.75 bits per heavy atom.